The normalized spacial score (nSPS) is 12.4. The molecule has 166 valence electrons. The fraction of sp³-hybridized carbons (Fsp3) is 0.222. The van der Waals surface area contributed by atoms with Crippen LogP contribution in [0.1, 0.15) is 25.0 Å². The number of rotatable bonds is 10. The second-order valence-corrected chi connectivity index (χ2v) is 8.33. The van der Waals surface area contributed by atoms with Crippen LogP contribution in [0.2, 0.25) is 0 Å². The molecule has 32 heavy (non-hydrogen) atoms. The lowest BCUT2D eigenvalue weighted by Gasteiger charge is -2.12. The molecule has 0 spiro atoms. The molecule has 0 saturated heterocycles. The van der Waals surface area contributed by atoms with E-state index in [1.165, 1.54) is 11.1 Å². The van der Waals surface area contributed by atoms with Crippen LogP contribution in [0.4, 0.5) is 0 Å². The highest BCUT2D eigenvalue weighted by Gasteiger charge is 2.17. The SMILES string of the molecule is CCO[C@@H](Cc1ccc(OC/C=C(/C)c2ccc(-c3ccc(Br)cc3)cc2)cc1)C(=O)O. The van der Waals surface area contributed by atoms with Crippen LogP contribution in [0, 0.1) is 0 Å². The second-order valence-electron chi connectivity index (χ2n) is 7.41. The van der Waals surface area contributed by atoms with E-state index in [4.69, 9.17) is 9.47 Å². The molecule has 0 fully saturated rings. The van der Waals surface area contributed by atoms with E-state index in [2.05, 4.69) is 65.3 Å². The Morgan fingerprint density at radius 2 is 1.56 bits per heavy atom. The first kappa shape index (κ1) is 23.8. The summed E-state index contributed by atoms with van der Waals surface area (Å²) in [6.07, 6.45) is 1.56. The van der Waals surface area contributed by atoms with Crippen molar-refractivity contribution in [3.8, 4) is 16.9 Å². The molecule has 0 bridgehead atoms. The van der Waals surface area contributed by atoms with Crippen molar-refractivity contribution in [3.05, 3.63) is 94.5 Å². The summed E-state index contributed by atoms with van der Waals surface area (Å²) >= 11 is 3.47. The van der Waals surface area contributed by atoms with Gasteiger partial charge in [-0.1, -0.05) is 64.5 Å². The number of benzene rings is 3. The molecule has 0 radical (unpaired) electrons. The number of hydrogen-bond donors (Lipinski definition) is 1. The average Bonchev–Trinajstić information content (AvgIpc) is 2.80. The van der Waals surface area contributed by atoms with E-state index in [1.807, 2.05) is 36.4 Å². The van der Waals surface area contributed by atoms with Crippen molar-refractivity contribution in [1.82, 2.24) is 0 Å². The standard InChI is InChI=1S/C27H27BrO4/c1-3-31-26(27(29)30)18-20-4-14-25(15-5-20)32-17-16-19(2)21-6-8-22(9-7-21)23-10-12-24(28)13-11-23/h4-16,26H,3,17-18H2,1-2H3,(H,29,30)/b19-16-/t26-/m0/s1. The Morgan fingerprint density at radius 1 is 0.969 bits per heavy atom. The van der Waals surface area contributed by atoms with Crippen molar-refractivity contribution < 1.29 is 19.4 Å². The van der Waals surface area contributed by atoms with E-state index >= 15 is 0 Å². The molecule has 0 unspecified atom stereocenters. The van der Waals surface area contributed by atoms with Gasteiger partial charge in [0, 0.05) is 17.5 Å². The first-order chi connectivity index (χ1) is 15.5. The van der Waals surface area contributed by atoms with Crippen LogP contribution in [0.25, 0.3) is 16.7 Å². The smallest absolute Gasteiger partial charge is 0.333 e. The van der Waals surface area contributed by atoms with Crippen LogP contribution in [-0.4, -0.2) is 30.4 Å². The highest BCUT2D eigenvalue weighted by Crippen LogP contribution is 2.24. The molecule has 0 aliphatic rings. The van der Waals surface area contributed by atoms with E-state index in [-0.39, 0.29) is 0 Å². The molecule has 1 atom stereocenters. The van der Waals surface area contributed by atoms with Crippen LogP contribution in [-0.2, 0) is 16.0 Å². The van der Waals surface area contributed by atoms with Crippen molar-refractivity contribution >= 4 is 27.5 Å². The monoisotopic (exact) mass is 494 g/mol. The maximum Gasteiger partial charge on any atom is 0.333 e. The molecule has 3 rings (SSSR count). The molecule has 0 saturated carbocycles. The predicted molar refractivity (Wildman–Crippen MR) is 132 cm³/mol. The largest absolute Gasteiger partial charge is 0.490 e. The van der Waals surface area contributed by atoms with Crippen molar-refractivity contribution in [2.24, 2.45) is 0 Å². The van der Waals surface area contributed by atoms with Gasteiger partial charge in [0.1, 0.15) is 12.4 Å². The number of carboxylic acid groups (broad SMARTS) is 1. The molecular weight excluding hydrogens is 468 g/mol. The Balaban J connectivity index is 1.55. The number of carbonyl (C=O) groups is 1. The fourth-order valence-corrected chi connectivity index (χ4v) is 3.57. The predicted octanol–water partition coefficient (Wildman–Crippen LogP) is 6.63. The Morgan fingerprint density at radius 3 is 2.12 bits per heavy atom. The number of halogens is 1. The molecule has 4 nitrogen and oxygen atoms in total. The zero-order valence-electron chi connectivity index (χ0n) is 18.3. The number of carboxylic acids is 1. The molecule has 0 aliphatic carbocycles. The summed E-state index contributed by atoms with van der Waals surface area (Å²) in [5, 5.41) is 9.21. The Kier molecular flexibility index (Phi) is 8.65. The van der Waals surface area contributed by atoms with Crippen molar-refractivity contribution in [2.75, 3.05) is 13.2 Å². The van der Waals surface area contributed by atoms with E-state index in [1.54, 1.807) is 6.92 Å². The molecular formula is C27H27BrO4. The third kappa shape index (κ3) is 6.81. The second kappa shape index (κ2) is 11.7. The lowest BCUT2D eigenvalue weighted by atomic mass is 10.0. The molecule has 1 N–H and O–H groups in total. The third-order valence-corrected chi connectivity index (χ3v) is 5.67. The van der Waals surface area contributed by atoms with Gasteiger partial charge in [0.15, 0.2) is 6.10 Å². The van der Waals surface area contributed by atoms with Gasteiger partial charge < -0.3 is 14.6 Å². The lowest BCUT2D eigenvalue weighted by molar-refractivity contribution is -0.149. The summed E-state index contributed by atoms with van der Waals surface area (Å²) in [6, 6.07) is 24.2. The zero-order valence-corrected chi connectivity index (χ0v) is 19.8. The summed E-state index contributed by atoms with van der Waals surface area (Å²) in [4.78, 5) is 11.2. The van der Waals surface area contributed by atoms with Crippen LogP contribution in [0.15, 0.2) is 83.3 Å². The molecule has 3 aromatic carbocycles. The summed E-state index contributed by atoms with van der Waals surface area (Å²) in [5.41, 5.74) is 5.56. The Hall–Kier alpha value is -2.89. The fourth-order valence-electron chi connectivity index (χ4n) is 3.30. The quantitative estimate of drug-likeness (QED) is 0.343. The van der Waals surface area contributed by atoms with Gasteiger partial charge in [0.25, 0.3) is 0 Å². The maximum absolute atomic E-state index is 11.2. The summed E-state index contributed by atoms with van der Waals surface area (Å²) in [6.45, 7) is 4.69. The summed E-state index contributed by atoms with van der Waals surface area (Å²) in [7, 11) is 0. The third-order valence-electron chi connectivity index (χ3n) is 5.15. The molecule has 5 heteroatoms. The van der Waals surface area contributed by atoms with Gasteiger partial charge in [-0.15, -0.1) is 0 Å². The lowest BCUT2D eigenvalue weighted by Crippen LogP contribution is -2.26. The number of ether oxygens (including phenoxy) is 2. The molecule has 0 heterocycles. The van der Waals surface area contributed by atoms with Crippen molar-refractivity contribution in [2.45, 2.75) is 26.4 Å². The van der Waals surface area contributed by atoms with Gasteiger partial charge in [0.2, 0.25) is 0 Å². The first-order valence-corrected chi connectivity index (χ1v) is 11.3. The van der Waals surface area contributed by atoms with Gasteiger partial charge in [-0.25, -0.2) is 4.79 Å². The number of allylic oxidation sites excluding steroid dienone is 1. The van der Waals surface area contributed by atoms with E-state index in [9.17, 15) is 9.90 Å². The van der Waals surface area contributed by atoms with E-state index < -0.39 is 12.1 Å². The summed E-state index contributed by atoms with van der Waals surface area (Å²) in [5.74, 6) is -0.204. The van der Waals surface area contributed by atoms with Gasteiger partial charge in [-0.05, 0) is 72.0 Å². The minimum Gasteiger partial charge on any atom is -0.490 e. The highest BCUT2D eigenvalue weighted by atomic mass is 79.9. The maximum atomic E-state index is 11.2. The van der Waals surface area contributed by atoms with Gasteiger partial charge in [0.05, 0.1) is 0 Å². The number of hydrogen-bond acceptors (Lipinski definition) is 3. The van der Waals surface area contributed by atoms with E-state index in [0.717, 1.165) is 26.9 Å². The Bertz CT molecular complexity index is 1040. The first-order valence-electron chi connectivity index (χ1n) is 10.6. The minimum absolute atomic E-state index is 0.332. The van der Waals surface area contributed by atoms with Gasteiger partial charge >= 0.3 is 5.97 Å². The van der Waals surface area contributed by atoms with Crippen molar-refractivity contribution in [1.29, 1.82) is 0 Å². The Labute approximate surface area is 197 Å². The molecule has 0 aliphatic heterocycles. The minimum atomic E-state index is -0.947. The van der Waals surface area contributed by atoms with Crippen LogP contribution < -0.4 is 4.74 Å². The average molecular weight is 495 g/mol. The van der Waals surface area contributed by atoms with Gasteiger partial charge in [-0.3, -0.25) is 0 Å². The van der Waals surface area contributed by atoms with Crippen LogP contribution >= 0.6 is 15.9 Å². The summed E-state index contributed by atoms with van der Waals surface area (Å²) < 4.78 is 12.2. The number of aliphatic carboxylic acids is 1. The molecule has 0 aromatic heterocycles. The van der Waals surface area contributed by atoms with Gasteiger partial charge in [-0.2, -0.15) is 0 Å². The molecule has 0 amide bonds. The van der Waals surface area contributed by atoms with Crippen LogP contribution in [0.5, 0.6) is 5.75 Å². The highest BCUT2D eigenvalue weighted by molar-refractivity contribution is 9.10. The van der Waals surface area contributed by atoms with Crippen LogP contribution in [0.3, 0.4) is 0 Å². The van der Waals surface area contributed by atoms with Crippen molar-refractivity contribution in [3.63, 3.8) is 0 Å². The zero-order chi connectivity index (χ0) is 22.9. The topological polar surface area (TPSA) is 55.8 Å². The van der Waals surface area contributed by atoms with E-state index in [0.29, 0.717) is 19.6 Å². The molecule has 3 aromatic rings.